The van der Waals surface area contributed by atoms with Crippen molar-refractivity contribution in [1.82, 2.24) is 4.90 Å². The summed E-state index contributed by atoms with van der Waals surface area (Å²) in [6.45, 7) is 4.39. The monoisotopic (exact) mass is 508 g/mol. The normalized spacial score (nSPS) is 12.1. The van der Waals surface area contributed by atoms with Crippen LogP contribution in [0.1, 0.15) is 25.0 Å². The smallest absolute Gasteiger partial charge is 0.333 e. The third kappa shape index (κ3) is 11.0. The van der Waals surface area contributed by atoms with Gasteiger partial charge in [0.05, 0.1) is 13.2 Å². The van der Waals surface area contributed by atoms with Gasteiger partial charge in [0.1, 0.15) is 19.0 Å². The van der Waals surface area contributed by atoms with Gasteiger partial charge in [0.15, 0.2) is 6.10 Å². The van der Waals surface area contributed by atoms with Crippen molar-refractivity contribution in [2.45, 2.75) is 39.2 Å². The second-order valence-electron chi connectivity index (χ2n) is 8.39. The number of nitrogens with zero attached hydrogens (tertiary/aromatic N) is 1. The minimum Gasteiger partial charge on any atom is -0.492 e. The molecule has 2 aromatic carbocycles. The predicted octanol–water partition coefficient (Wildman–Crippen LogP) is 4.61. The van der Waals surface area contributed by atoms with Crippen molar-refractivity contribution in [3.63, 3.8) is 0 Å². The molecule has 1 unspecified atom stereocenters. The van der Waals surface area contributed by atoms with Crippen molar-refractivity contribution in [2.24, 2.45) is 0 Å². The molecular weight excluding hydrogens is 474 g/mol. The second-order valence-corrected chi connectivity index (χ2v) is 8.39. The number of hydrogen-bond donors (Lipinski definition) is 2. The fourth-order valence-electron chi connectivity index (χ4n) is 3.29. The molecule has 198 valence electrons. The SMILES string of the molecule is CCOC(Cc1ccc(OCCN(CCOCC(C)(F)F)C(=O)Nc2cccc(C)c2)cc1)C(=O)O. The van der Waals surface area contributed by atoms with Crippen LogP contribution < -0.4 is 10.1 Å². The molecule has 0 heterocycles. The van der Waals surface area contributed by atoms with Crippen molar-refractivity contribution < 1.29 is 37.7 Å². The van der Waals surface area contributed by atoms with Crippen LogP contribution in [0, 0.1) is 6.92 Å². The lowest BCUT2D eigenvalue weighted by Crippen LogP contribution is -2.40. The molecule has 10 heteroatoms. The Labute approximate surface area is 210 Å². The highest BCUT2D eigenvalue weighted by atomic mass is 19.3. The van der Waals surface area contributed by atoms with E-state index < -0.39 is 30.6 Å². The van der Waals surface area contributed by atoms with E-state index in [-0.39, 0.29) is 32.7 Å². The number of ether oxygens (including phenoxy) is 3. The lowest BCUT2D eigenvalue weighted by atomic mass is 10.1. The zero-order valence-electron chi connectivity index (χ0n) is 20.8. The van der Waals surface area contributed by atoms with Gasteiger partial charge < -0.3 is 29.5 Å². The van der Waals surface area contributed by atoms with Gasteiger partial charge in [0.2, 0.25) is 0 Å². The van der Waals surface area contributed by atoms with Crippen LogP contribution in [0.2, 0.25) is 0 Å². The first-order chi connectivity index (χ1) is 17.1. The number of carboxylic acid groups (broad SMARTS) is 1. The summed E-state index contributed by atoms with van der Waals surface area (Å²) in [7, 11) is 0. The Morgan fingerprint density at radius 1 is 1.11 bits per heavy atom. The molecule has 2 amide bonds. The molecule has 0 spiro atoms. The third-order valence-electron chi connectivity index (χ3n) is 5.04. The quantitative estimate of drug-likeness (QED) is 0.341. The lowest BCUT2D eigenvalue weighted by Gasteiger charge is -2.24. The zero-order valence-corrected chi connectivity index (χ0v) is 20.8. The molecule has 0 aliphatic rings. The van der Waals surface area contributed by atoms with E-state index in [0.29, 0.717) is 18.0 Å². The summed E-state index contributed by atoms with van der Waals surface area (Å²) < 4.78 is 42.0. The number of carbonyl (C=O) groups is 2. The summed E-state index contributed by atoms with van der Waals surface area (Å²) in [6.07, 6.45) is -0.690. The standard InChI is InChI=1S/C26H34F2N2O6/c1-4-35-23(24(31)32)17-20-8-10-22(11-9-20)36-15-13-30(12-14-34-18-26(3,27)28)25(33)29-21-7-5-6-19(2)16-21/h5-11,16,23H,4,12-15,17-18H2,1-3H3,(H,29,33)(H,31,32). The average molecular weight is 509 g/mol. The number of aryl methyl sites for hydroxylation is 1. The Bertz CT molecular complexity index is 966. The number of halogens is 2. The summed E-state index contributed by atoms with van der Waals surface area (Å²) in [6, 6.07) is 13.8. The molecule has 0 fully saturated rings. The Morgan fingerprint density at radius 2 is 1.81 bits per heavy atom. The van der Waals surface area contributed by atoms with E-state index in [0.717, 1.165) is 18.1 Å². The number of carbonyl (C=O) groups excluding carboxylic acids is 1. The number of nitrogens with one attached hydrogen (secondary N) is 1. The highest BCUT2D eigenvalue weighted by molar-refractivity contribution is 5.89. The number of alkyl halides is 2. The first-order valence-corrected chi connectivity index (χ1v) is 11.7. The summed E-state index contributed by atoms with van der Waals surface area (Å²) in [5, 5.41) is 12.0. The van der Waals surface area contributed by atoms with Crippen molar-refractivity contribution >= 4 is 17.7 Å². The molecule has 36 heavy (non-hydrogen) atoms. The van der Waals surface area contributed by atoms with Crippen LogP contribution in [0.4, 0.5) is 19.3 Å². The third-order valence-corrected chi connectivity index (χ3v) is 5.04. The molecule has 0 bridgehead atoms. The molecule has 2 rings (SSSR count). The van der Waals surface area contributed by atoms with Crippen LogP contribution in [0.15, 0.2) is 48.5 Å². The minimum atomic E-state index is -2.95. The molecule has 1 atom stereocenters. The predicted molar refractivity (Wildman–Crippen MR) is 132 cm³/mol. The van der Waals surface area contributed by atoms with Crippen molar-refractivity contribution in [3.8, 4) is 5.75 Å². The van der Waals surface area contributed by atoms with Gasteiger partial charge >= 0.3 is 12.0 Å². The number of carboxylic acids is 1. The zero-order chi connectivity index (χ0) is 26.6. The second kappa shape index (κ2) is 14.4. The maximum atomic E-state index is 13.0. The van der Waals surface area contributed by atoms with Crippen LogP contribution in [0.25, 0.3) is 0 Å². The number of anilines is 1. The molecule has 2 N–H and O–H groups in total. The van der Waals surface area contributed by atoms with E-state index in [1.54, 1.807) is 37.3 Å². The van der Waals surface area contributed by atoms with Crippen molar-refractivity contribution in [1.29, 1.82) is 0 Å². The maximum absolute atomic E-state index is 13.0. The van der Waals surface area contributed by atoms with Crippen LogP contribution in [0.5, 0.6) is 5.75 Å². The highest BCUT2D eigenvalue weighted by Gasteiger charge is 2.22. The van der Waals surface area contributed by atoms with E-state index in [4.69, 9.17) is 14.2 Å². The van der Waals surface area contributed by atoms with Gasteiger partial charge in [-0.15, -0.1) is 0 Å². The van der Waals surface area contributed by atoms with Gasteiger partial charge in [0, 0.05) is 32.2 Å². The number of rotatable bonds is 15. The Kier molecular flexibility index (Phi) is 11.6. The fraction of sp³-hybridized carbons (Fsp3) is 0.462. The Morgan fingerprint density at radius 3 is 2.42 bits per heavy atom. The Hall–Kier alpha value is -3.24. The van der Waals surface area contributed by atoms with Crippen molar-refractivity contribution in [2.75, 3.05) is 44.8 Å². The molecule has 0 radical (unpaired) electrons. The van der Waals surface area contributed by atoms with Gasteiger partial charge in [-0.05, 0) is 49.2 Å². The molecule has 0 aliphatic carbocycles. The summed E-state index contributed by atoms with van der Waals surface area (Å²) in [5.74, 6) is -3.42. The van der Waals surface area contributed by atoms with E-state index >= 15 is 0 Å². The van der Waals surface area contributed by atoms with Crippen LogP contribution >= 0.6 is 0 Å². The number of benzene rings is 2. The number of hydrogen-bond acceptors (Lipinski definition) is 5. The van der Waals surface area contributed by atoms with E-state index in [2.05, 4.69) is 5.32 Å². The number of aliphatic carboxylic acids is 1. The number of urea groups is 1. The van der Waals surface area contributed by atoms with Crippen molar-refractivity contribution in [3.05, 3.63) is 59.7 Å². The topological polar surface area (TPSA) is 97.3 Å². The van der Waals surface area contributed by atoms with Gasteiger partial charge in [-0.1, -0.05) is 24.3 Å². The first-order valence-electron chi connectivity index (χ1n) is 11.7. The molecule has 0 saturated carbocycles. The highest BCUT2D eigenvalue weighted by Crippen LogP contribution is 2.16. The largest absolute Gasteiger partial charge is 0.492 e. The van der Waals surface area contributed by atoms with E-state index in [9.17, 15) is 23.5 Å². The Balaban J connectivity index is 1.92. The molecule has 0 saturated heterocycles. The van der Waals surface area contributed by atoms with Crippen LogP contribution in [-0.2, 0) is 20.7 Å². The fourth-order valence-corrected chi connectivity index (χ4v) is 3.29. The van der Waals surface area contributed by atoms with Crippen LogP contribution in [0.3, 0.4) is 0 Å². The van der Waals surface area contributed by atoms with E-state index in [1.165, 1.54) is 4.90 Å². The first kappa shape index (κ1) is 29.0. The molecule has 0 aliphatic heterocycles. The van der Waals surface area contributed by atoms with E-state index in [1.807, 2.05) is 25.1 Å². The summed E-state index contributed by atoms with van der Waals surface area (Å²) >= 11 is 0. The molecular formula is C26H34F2N2O6. The molecule has 2 aromatic rings. The molecule has 8 nitrogen and oxygen atoms in total. The van der Waals surface area contributed by atoms with Gasteiger partial charge in [-0.2, -0.15) is 0 Å². The van der Waals surface area contributed by atoms with Gasteiger partial charge in [-0.3, -0.25) is 0 Å². The van der Waals surface area contributed by atoms with Gasteiger partial charge in [0.25, 0.3) is 5.92 Å². The summed E-state index contributed by atoms with van der Waals surface area (Å²) in [4.78, 5) is 25.5. The summed E-state index contributed by atoms with van der Waals surface area (Å²) in [5.41, 5.74) is 2.39. The number of amides is 2. The van der Waals surface area contributed by atoms with Crippen LogP contribution in [-0.4, -0.2) is 73.6 Å². The minimum absolute atomic E-state index is 0.0516. The molecule has 0 aromatic heterocycles. The lowest BCUT2D eigenvalue weighted by molar-refractivity contribution is -0.149. The average Bonchev–Trinajstić information content (AvgIpc) is 2.80. The van der Waals surface area contributed by atoms with Gasteiger partial charge in [-0.25, -0.2) is 18.4 Å². The maximum Gasteiger partial charge on any atom is 0.333 e.